The number of amides is 2. The van der Waals surface area contributed by atoms with Crippen LogP contribution in [0.15, 0.2) is 0 Å². The summed E-state index contributed by atoms with van der Waals surface area (Å²) in [5.74, 6) is -1.69. The highest BCUT2D eigenvalue weighted by atomic mass is 16.4. The van der Waals surface area contributed by atoms with Crippen molar-refractivity contribution in [2.45, 2.75) is 38.6 Å². The van der Waals surface area contributed by atoms with Crippen molar-refractivity contribution >= 4 is 17.8 Å². The summed E-state index contributed by atoms with van der Waals surface area (Å²) < 4.78 is 0. The minimum atomic E-state index is -0.800. The van der Waals surface area contributed by atoms with Crippen LogP contribution in [0.25, 0.3) is 0 Å². The quantitative estimate of drug-likeness (QED) is 0.640. The molecule has 0 aliphatic heterocycles. The van der Waals surface area contributed by atoms with Crippen LogP contribution in [-0.2, 0) is 14.4 Å². The normalized spacial score (nSPS) is 23.8. The third-order valence-electron chi connectivity index (χ3n) is 2.89. The Bertz CT molecular complexity index is 317. The summed E-state index contributed by atoms with van der Waals surface area (Å²) in [7, 11) is 0. The summed E-state index contributed by atoms with van der Waals surface area (Å²) in [4.78, 5) is 32.9. The van der Waals surface area contributed by atoms with Crippen molar-refractivity contribution < 1.29 is 19.5 Å². The van der Waals surface area contributed by atoms with Crippen molar-refractivity contribution in [1.82, 2.24) is 10.6 Å². The standard InChI is InChI=1S/C11H18N2O4/c1-7(14)12-6-10(15)13-9-4-2-3-8(5-9)11(16)17/h8-9H,2-6H2,1H3,(H,12,14)(H,13,15)(H,16,17). The largest absolute Gasteiger partial charge is 0.481 e. The number of nitrogens with one attached hydrogen (secondary N) is 2. The first-order valence-electron chi connectivity index (χ1n) is 5.75. The number of carbonyl (C=O) groups excluding carboxylic acids is 2. The van der Waals surface area contributed by atoms with Crippen molar-refractivity contribution in [3.05, 3.63) is 0 Å². The first kappa shape index (κ1) is 13.5. The smallest absolute Gasteiger partial charge is 0.306 e. The van der Waals surface area contributed by atoms with Crippen molar-refractivity contribution in [2.75, 3.05) is 6.54 Å². The van der Waals surface area contributed by atoms with E-state index in [4.69, 9.17) is 5.11 Å². The Labute approximate surface area is 99.8 Å². The Balaban J connectivity index is 2.33. The number of carboxylic acids is 1. The highest BCUT2D eigenvalue weighted by molar-refractivity contribution is 5.83. The van der Waals surface area contributed by atoms with Crippen LogP contribution in [0, 0.1) is 5.92 Å². The summed E-state index contributed by atoms with van der Waals surface area (Å²) in [5, 5.41) is 14.0. The van der Waals surface area contributed by atoms with Gasteiger partial charge in [-0.1, -0.05) is 6.42 Å². The van der Waals surface area contributed by atoms with Gasteiger partial charge in [-0.25, -0.2) is 0 Å². The lowest BCUT2D eigenvalue weighted by molar-refractivity contribution is -0.143. The molecule has 0 spiro atoms. The third kappa shape index (κ3) is 4.84. The molecule has 1 fully saturated rings. The molecule has 2 amide bonds. The second kappa shape index (κ2) is 6.22. The van der Waals surface area contributed by atoms with Crippen molar-refractivity contribution in [3.63, 3.8) is 0 Å². The molecule has 1 aliphatic rings. The zero-order chi connectivity index (χ0) is 12.8. The first-order chi connectivity index (χ1) is 7.99. The molecule has 0 radical (unpaired) electrons. The predicted octanol–water partition coefficient (Wildman–Crippen LogP) is -0.118. The van der Waals surface area contributed by atoms with Crippen LogP contribution in [0.1, 0.15) is 32.6 Å². The topological polar surface area (TPSA) is 95.5 Å². The lowest BCUT2D eigenvalue weighted by atomic mass is 9.86. The second-order valence-electron chi connectivity index (χ2n) is 4.38. The van der Waals surface area contributed by atoms with Crippen molar-refractivity contribution in [2.24, 2.45) is 5.92 Å². The Morgan fingerprint density at radius 1 is 1.29 bits per heavy atom. The van der Waals surface area contributed by atoms with Crippen LogP contribution in [0.2, 0.25) is 0 Å². The van der Waals surface area contributed by atoms with Crippen LogP contribution in [0.4, 0.5) is 0 Å². The SMILES string of the molecule is CC(=O)NCC(=O)NC1CCCC(C(=O)O)C1. The van der Waals surface area contributed by atoms with Gasteiger partial charge >= 0.3 is 5.97 Å². The molecule has 1 saturated carbocycles. The van der Waals surface area contributed by atoms with Gasteiger partial charge in [0.05, 0.1) is 12.5 Å². The Kier molecular flexibility index (Phi) is 4.93. The van der Waals surface area contributed by atoms with Crippen molar-refractivity contribution in [1.29, 1.82) is 0 Å². The third-order valence-corrected chi connectivity index (χ3v) is 2.89. The number of hydrogen-bond donors (Lipinski definition) is 3. The van der Waals surface area contributed by atoms with Gasteiger partial charge in [-0.15, -0.1) is 0 Å². The van der Waals surface area contributed by atoms with E-state index in [1.165, 1.54) is 6.92 Å². The number of rotatable bonds is 4. The molecule has 6 nitrogen and oxygen atoms in total. The molecule has 1 rings (SSSR count). The van der Waals surface area contributed by atoms with E-state index >= 15 is 0 Å². The summed E-state index contributed by atoms with van der Waals surface area (Å²) in [5.41, 5.74) is 0. The molecule has 0 aromatic rings. The lowest BCUT2D eigenvalue weighted by Gasteiger charge is -2.27. The van der Waals surface area contributed by atoms with Crippen LogP contribution < -0.4 is 10.6 Å². The van der Waals surface area contributed by atoms with Gasteiger partial charge in [-0.2, -0.15) is 0 Å². The average molecular weight is 242 g/mol. The number of carbonyl (C=O) groups is 3. The monoisotopic (exact) mass is 242 g/mol. The van der Waals surface area contributed by atoms with Gasteiger partial charge < -0.3 is 15.7 Å². The van der Waals surface area contributed by atoms with Gasteiger partial charge in [0.1, 0.15) is 0 Å². The summed E-state index contributed by atoms with van der Waals surface area (Å²) in [6.45, 7) is 1.29. The van der Waals surface area contributed by atoms with Gasteiger partial charge in [0.15, 0.2) is 0 Å². The van der Waals surface area contributed by atoms with Crippen LogP contribution in [0.5, 0.6) is 0 Å². The first-order valence-corrected chi connectivity index (χ1v) is 5.75. The fourth-order valence-electron chi connectivity index (χ4n) is 2.03. The fraction of sp³-hybridized carbons (Fsp3) is 0.727. The van der Waals surface area contributed by atoms with E-state index in [2.05, 4.69) is 10.6 Å². The second-order valence-corrected chi connectivity index (χ2v) is 4.38. The number of carboxylic acid groups (broad SMARTS) is 1. The zero-order valence-corrected chi connectivity index (χ0v) is 9.86. The van der Waals surface area contributed by atoms with Gasteiger partial charge in [0, 0.05) is 13.0 Å². The van der Waals surface area contributed by atoms with Crippen LogP contribution in [-0.4, -0.2) is 35.5 Å². The van der Waals surface area contributed by atoms with Gasteiger partial charge in [-0.3, -0.25) is 14.4 Å². The summed E-state index contributed by atoms with van der Waals surface area (Å²) >= 11 is 0. The molecule has 0 heterocycles. The molecular weight excluding hydrogens is 224 g/mol. The van der Waals surface area contributed by atoms with E-state index in [9.17, 15) is 14.4 Å². The summed E-state index contributed by atoms with van der Waals surface area (Å²) in [6, 6.07) is -0.0916. The molecule has 2 unspecified atom stereocenters. The lowest BCUT2D eigenvalue weighted by Crippen LogP contribution is -2.44. The minimum Gasteiger partial charge on any atom is -0.481 e. The summed E-state index contributed by atoms with van der Waals surface area (Å²) in [6.07, 6.45) is 2.76. The van der Waals surface area contributed by atoms with Gasteiger partial charge in [-0.05, 0) is 19.3 Å². The molecule has 0 saturated heterocycles. The highest BCUT2D eigenvalue weighted by Crippen LogP contribution is 2.24. The molecule has 0 aromatic carbocycles. The molecule has 1 aliphatic carbocycles. The van der Waals surface area contributed by atoms with E-state index in [0.29, 0.717) is 12.8 Å². The molecule has 0 bridgehead atoms. The Hall–Kier alpha value is -1.59. The van der Waals surface area contributed by atoms with E-state index in [1.807, 2.05) is 0 Å². The molecule has 0 aromatic heterocycles. The maximum Gasteiger partial charge on any atom is 0.306 e. The molecule has 96 valence electrons. The van der Waals surface area contributed by atoms with Crippen LogP contribution >= 0.6 is 0 Å². The number of aliphatic carboxylic acids is 1. The molecule has 3 N–H and O–H groups in total. The predicted molar refractivity (Wildman–Crippen MR) is 60.2 cm³/mol. The minimum absolute atomic E-state index is 0.0520. The van der Waals surface area contributed by atoms with E-state index in [1.54, 1.807) is 0 Å². The maximum absolute atomic E-state index is 11.4. The van der Waals surface area contributed by atoms with Crippen molar-refractivity contribution in [3.8, 4) is 0 Å². The van der Waals surface area contributed by atoms with E-state index < -0.39 is 5.97 Å². The van der Waals surface area contributed by atoms with Gasteiger partial charge in [0.2, 0.25) is 11.8 Å². The Morgan fingerprint density at radius 2 is 2.00 bits per heavy atom. The fourth-order valence-corrected chi connectivity index (χ4v) is 2.03. The van der Waals surface area contributed by atoms with E-state index in [0.717, 1.165) is 12.8 Å². The highest BCUT2D eigenvalue weighted by Gasteiger charge is 2.27. The maximum atomic E-state index is 11.4. The molecule has 6 heteroatoms. The van der Waals surface area contributed by atoms with E-state index in [-0.39, 0.29) is 30.3 Å². The zero-order valence-electron chi connectivity index (χ0n) is 9.86. The number of hydrogen-bond acceptors (Lipinski definition) is 3. The average Bonchev–Trinajstić information content (AvgIpc) is 2.26. The Morgan fingerprint density at radius 3 is 2.59 bits per heavy atom. The van der Waals surface area contributed by atoms with Gasteiger partial charge in [0.25, 0.3) is 0 Å². The molecule has 2 atom stereocenters. The van der Waals surface area contributed by atoms with Crippen LogP contribution in [0.3, 0.4) is 0 Å². The molecule has 17 heavy (non-hydrogen) atoms. The molecular formula is C11H18N2O4.